The molecule has 1 atom stereocenters. The van der Waals surface area contributed by atoms with E-state index in [4.69, 9.17) is 11.6 Å². The molecule has 0 amide bonds. The molecular weight excluding hydrogens is 355 g/mol. The van der Waals surface area contributed by atoms with Gasteiger partial charge in [0.05, 0.1) is 13.2 Å². The molecule has 0 radical (unpaired) electrons. The molecule has 0 aliphatic rings. The average Bonchev–Trinajstić information content (AvgIpc) is 2.46. The topological polar surface area (TPSA) is 78.7 Å². The van der Waals surface area contributed by atoms with Crippen molar-refractivity contribution in [3.8, 4) is 0 Å². The number of nitro groups is 1. The van der Waals surface area contributed by atoms with Crippen molar-refractivity contribution in [1.29, 1.82) is 0 Å². The molecular formula is C13H17ClF2NO5P. The molecule has 1 rings (SSSR count). The van der Waals surface area contributed by atoms with Gasteiger partial charge in [-0.1, -0.05) is 23.7 Å². The molecule has 0 heterocycles. The van der Waals surface area contributed by atoms with Crippen LogP contribution in [0, 0.1) is 10.1 Å². The molecule has 0 aromatic heterocycles. The van der Waals surface area contributed by atoms with Gasteiger partial charge in [-0.2, -0.15) is 8.78 Å². The lowest BCUT2D eigenvalue weighted by Gasteiger charge is -2.30. The van der Waals surface area contributed by atoms with Gasteiger partial charge in [0.15, 0.2) is 0 Å². The molecule has 0 bridgehead atoms. The minimum absolute atomic E-state index is 0.0734. The third-order valence-corrected chi connectivity index (χ3v) is 5.48. The lowest BCUT2D eigenvalue weighted by atomic mass is 9.99. The van der Waals surface area contributed by atoms with Crippen molar-refractivity contribution >= 4 is 19.2 Å². The van der Waals surface area contributed by atoms with Gasteiger partial charge < -0.3 is 9.05 Å². The Kier molecular flexibility index (Phi) is 7.07. The molecule has 0 aliphatic heterocycles. The first-order valence-electron chi connectivity index (χ1n) is 6.82. The van der Waals surface area contributed by atoms with Crippen LogP contribution in [0.25, 0.3) is 0 Å². The maximum Gasteiger partial charge on any atom is 0.400 e. The molecule has 0 unspecified atom stereocenters. The van der Waals surface area contributed by atoms with E-state index in [1.54, 1.807) is 0 Å². The summed E-state index contributed by atoms with van der Waals surface area (Å²) in [5, 5.41) is 11.1. The Morgan fingerprint density at radius 3 is 2.13 bits per heavy atom. The molecule has 23 heavy (non-hydrogen) atoms. The summed E-state index contributed by atoms with van der Waals surface area (Å²) >= 11 is 5.70. The van der Waals surface area contributed by atoms with Gasteiger partial charge in [0, 0.05) is 9.95 Å². The quantitative estimate of drug-likeness (QED) is 0.361. The summed E-state index contributed by atoms with van der Waals surface area (Å²) in [5.41, 5.74) is -4.14. The number of nitrogens with zero attached hydrogens (tertiary/aromatic N) is 1. The van der Waals surface area contributed by atoms with E-state index in [1.807, 2.05) is 0 Å². The average molecular weight is 372 g/mol. The molecule has 0 fully saturated rings. The second kappa shape index (κ2) is 8.15. The van der Waals surface area contributed by atoms with Gasteiger partial charge in [0.2, 0.25) is 6.54 Å². The van der Waals surface area contributed by atoms with E-state index in [0.29, 0.717) is 0 Å². The standard InChI is InChI=1S/C13H17ClF2NO5P/c1-3-21-23(20,22-4-2)13(15,16)12(9-17(18)19)10-5-7-11(14)8-6-10/h5-8,12H,3-4,9H2,1-2H3/t12-/m1/s1. The van der Waals surface area contributed by atoms with Crippen LogP contribution in [0.5, 0.6) is 0 Å². The molecule has 1 aromatic carbocycles. The molecule has 0 saturated carbocycles. The zero-order valence-electron chi connectivity index (χ0n) is 12.6. The predicted molar refractivity (Wildman–Crippen MR) is 81.9 cm³/mol. The van der Waals surface area contributed by atoms with Crippen LogP contribution >= 0.6 is 19.2 Å². The maximum atomic E-state index is 14.8. The Morgan fingerprint density at radius 1 is 1.26 bits per heavy atom. The first-order valence-corrected chi connectivity index (χ1v) is 8.74. The zero-order valence-corrected chi connectivity index (χ0v) is 14.2. The van der Waals surface area contributed by atoms with Crippen LogP contribution in [0.2, 0.25) is 5.02 Å². The lowest BCUT2D eigenvalue weighted by Crippen LogP contribution is -2.33. The number of alkyl halides is 2. The highest BCUT2D eigenvalue weighted by atomic mass is 35.5. The predicted octanol–water partition coefficient (Wildman–Crippen LogP) is 4.56. The summed E-state index contributed by atoms with van der Waals surface area (Å²) in [4.78, 5) is 9.92. The van der Waals surface area contributed by atoms with E-state index in [2.05, 4.69) is 9.05 Å². The Hall–Kier alpha value is -1.08. The normalized spacial score (nSPS) is 13.8. The largest absolute Gasteiger partial charge is 0.400 e. The van der Waals surface area contributed by atoms with Crippen molar-refractivity contribution in [3.63, 3.8) is 0 Å². The molecule has 10 heteroatoms. The van der Waals surface area contributed by atoms with Crippen LogP contribution in [0.1, 0.15) is 25.3 Å². The van der Waals surface area contributed by atoms with E-state index in [9.17, 15) is 23.5 Å². The van der Waals surface area contributed by atoms with Crippen LogP contribution < -0.4 is 0 Å². The molecule has 0 aliphatic carbocycles. The van der Waals surface area contributed by atoms with Crippen LogP contribution in [0.4, 0.5) is 8.78 Å². The van der Waals surface area contributed by atoms with Crippen molar-refractivity contribution in [3.05, 3.63) is 45.0 Å². The van der Waals surface area contributed by atoms with Gasteiger partial charge in [-0.25, -0.2) is 0 Å². The minimum Gasteiger partial charge on any atom is -0.305 e. The van der Waals surface area contributed by atoms with E-state index in [1.165, 1.54) is 38.1 Å². The monoisotopic (exact) mass is 371 g/mol. The van der Waals surface area contributed by atoms with Crippen molar-refractivity contribution in [2.24, 2.45) is 0 Å². The molecule has 0 saturated heterocycles. The Morgan fingerprint density at radius 2 is 1.74 bits per heavy atom. The highest BCUT2D eigenvalue weighted by Gasteiger charge is 2.60. The van der Waals surface area contributed by atoms with Gasteiger partial charge >= 0.3 is 13.3 Å². The summed E-state index contributed by atoms with van der Waals surface area (Å²) in [7, 11) is -4.88. The minimum atomic E-state index is -4.88. The van der Waals surface area contributed by atoms with Gasteiger partial charge in [-0.05, 0) is 31.5 Å². The summed E-state index contributed by atoms with van der Waals surface area (Å²) in [6.07, 6.45) is 0. The van der Waals surface area contributed by atoms with Crippen molar-refractivity contribution < 1.29 is 27.3 Å². The molecule has 0 spiro atoms. The number of hydrogen-bond acceptors (Lipinski definition) is 5. The van der Waals surface area contributed by atoms with Crippen molar-refractivity contribution in [2.45, 2.75) is 25.4 Å². The van der Waals surface area contributed by atoms with E-state index >= 15 is 0 Å². The van der Waals surface area contributed by atoms with Crippen LogP contribution in [0.3, 0.4) is 0 Å². The highest BCUT2D eigenvalue weighted by molar-refractivity contribution is 7.55. The first-order chi connectivity index (χ1) is 10.7. The maximum absolute atomic E-state index is 14.8. The van der Waals surface area contributed by atoms with Gasteiger partial charge in [-0.15, -0.1) is 0 Å². The fourth-order valence-electron chi connectivity index (χ4n) is 2.00. The highest BCUT2D eigenvalue weighted by Crippen LogP contribution is 2.66. The third-order valence-electron chi connectivity index (χ3n) is 2.99. The zero-order chi connectivity index (χ0) is 17.7. The summed E-state index contributed by atoms with van der Waals surface area (Å²) < 4.78 is 51.4. The van der Waals surface area contributed by atoms with Crippen molar-refractivity contribution in [2.75, 3.05) is 19.8 Å². The van der Waals surface area contributed by atoms with E-state index in [0.717, 1.165) is 0 Å². The van der Waals surface area contributed by atoms with Gasteiger partial charge in [0.25, 0.3) is 0 Å². The van der Waals surface area contributed by atoms with E-state index < -0.39 is 30.6 Å². The first kappa shape index (κ1) is 20.0. The molecule has 130 valence electrons. The number of rotatable bonds is 9. The summed E-state index contributed by atoms with van der Waals surface area (Å²) in [6.45, 7) is 1.08. The fraction of sp³-hybridized carbons (Fsp3) is 0.538. The number of benzene rings is 1. The smallest absolute Gasteiger partial charge is 0.305 e. The second-order valence-electron chi connectivity index (χ2n) is 4.54. The SMILES string of the molecule is CCOP(=O)(OCC)C(F)(F)[C@H](C[N+](=O)[O-])c1ccc(Cl)cc1. The molecule has 0 N–H and O–H groups in total. The van der Waals surface area contributed by atoms with Gasteiger partial charge in [0.1, 0.15) is 5.92 Å². The summed E-state index contributed by atoms with van der Waals surface area (Å²) in [6, 6.07) is 5.11. The number of hydrogen-bond donors (Lipinski definition) is 0. The second-order valence-corrected chi connectivity index (χ2v) is 7.08. The fourth-order valence-corrected chi connectivity index (χ4v) is 3.84. The lowest BCUT2D eigenvalue weighted by molar-refractivity contribution is -0.487. The van der Waals surface area contributed by atoms with Crippen LogP contribution in [-0.2, 0) is 13.6 Å². The molecule has 1 aromatic rings. The molecule has 6 nitrogen and oxygen atoms in total. The van der Waals surface area contributed by atoms with Crippen molar-refractivity contribution in [1.82, 2.24) is 0 Å². The van der Waals surface area contributed by atoms with E-state index in [-0.39, 0.29) is 23.8 Å². The Bertz CT molecular complexity index is 574. The number of halogens is 3. The Balaban J connectivity index is 3.34. The summed E-state index contributed by atoms with van der Waals surface area (Å²) in [5.74, 6) is -1.97. The van der Waals surface area contributed by atoms with Crippen LogP contribution in [-0.4, -0.2) is 30.3 Å². The van der Waals surface area contributed by atoms with Crippen LogP contribution in [0.15, 0.2) is 24.3 Å². The van der Waals surface area contributed by atoms with Gasteiger partial charge in [-0.3, -0.25) is 14.7 Å². The Labute approximate surface area is 137 Å². The third kappa shape index (κ3) is 4.70.